The third-order valence-electron chi connectivity index (χ3n) is 5.66. The van der Waals surface area contributed by atoms with Gasteiger partial charge < -0.3 is 19.3 Å². The highest BCUT2D eigenvalue weighted by molar-refractivity contribution is 14.1. The van der Waals surface area contributed by atoms with Crippen molar-refractivity contribution in [1.82, 2.24) is 5.32 Å². The van der Waals surface area contributed by atoms with Crippen LogP contribution in [0.15, 0.2) is 66.2 Å². The fourth-order valence-corrected chi connectivity index (χ4v) is 4.54. The molecule has 3 aromatic carbocycles. The van der Waals surface area contributed by atoms with Crippen molar-refractivity contribution in [3.63, 3.8) is 0 Å². The summed E-state index contributed by atoms with van der Waals surface area (Å²) in [4.78, 5) is 50.3. The lowest BCUT2D eigenvalue weighted by Gasteiger charge is -2.26. The number of carbonyl (C=O) groups is 4. The highest BCUT2D eigenvalue weighted by atomic mass is 127. The Bertz CT molecular complexity index is 1470. The summed E-state index contributed by atoms with van der Waals surface area (Å²) in [5.74, 6) is -1.20. The average molecular weight is 642 g/mol. The van der Waals surface area contributed by atoms with E-state index in [1.165, 1.54) is 25.3 Å². The molecule has 4 amide bonds. The van der Waals surface area contributed by atoms with Crippen molar-refractivity contribution in [3.05, 3.63) is 86.5 Å². The molecular formula is C28H23IN2O8. The number of ether oxygens (including phenoxy) is 3. The van der Waals surface area contributed by atoms with E-state index >= 15 is 0 Å². The molecule has 1 saturated heterocycles. The number of methoxy groups -OCH3 is 1. The number of hydrogen-bond donors (Lipinski definition) is 2. The van der Waals surface area contributed by atoms with Gasteiger partial charge in [0.2, 0.25) is 0 Å². The highest BCUT2D eigenvalue weighted by Crippen LogP contribution is 2.36. The summed E-state index contributed by atoms with van der Waals surface area (Å²) in [7, 11) is 1.50. The van der Waals surface area contributed by atoms with Crippen LogP contribution >= 0.6 is 22.6 Å². The van der Waals surface area contributed by atoms with Gasteiger partial charge in [0.15, 0.2) is 11.5 Å². The Kier molecular flexibility index (Phi) is 8.49. The van der Waals surface area contributed by atoms with Crippen LogP contribution in [0, 0.1) is 3.57 Å². The van der Waals surface area contributed by atoms with Gasteiger partial charge in [0.05, 0.1) is 28.5 Å². The topological polar surface area (TPSA) is 131 Å². The molecule has 0 saturated carbocycles. The first kappa shape index (κ1) is 27.6. The number of anilines is 1. The lowest BCUT2D eigenvalue weighted by atomic mass is 10.1. The van der Waals surface area contributed by atoms with E-state index in [-0.39, 0.29) is 23.4 Å². The highest BCUT2D eigenvalue weighted by Gasteiger charge is 2.37. The van der Waals surface area contributed by atoms with Gasteiger partial charge in [-0.2, -0.15) is 0 Å². The number of nitrogens with zero attached hydrogens (tertiary/aromatic N) is 1. The van der Waals surface area contributed by atoms with Crippen LogP contribution in [0.25, 0.3) is 6.08 Å². The minimum Gasteiger partial charge on any atom is -0.497 e. The molecule has 11 heteroatoms. The van der Waals surface area contributed by atoms with E-state index in [4.69, 9.17) is 19.3 Å². The second-order valence-electron chi connectivity index (χ2n) is 8.21. The van der Waals surface area contributed by atoms with Crippen LogP contribution in [0.4, 0.5) is 10.5 Å². The van der Waals surface area contributed by atoms with Gasteiger partial charge in [-0.15, -0.1) is 0 Å². The number of halogens is 1. The summed E-state index contributed by atoms with van der Waals surface area (Å²) < 4.78 is 17.5. The number of imide groups is 2. The van der Waals surface area contributed by atoms with E-state index in [0.717, 1.165) is 10.5 Å². The van der Waals surface area contributed by atoms with E-state index in [1.807, 2.05) is 6.92 Å². The van der Waals surface area contributed by atoms with Crippen LogP contribution in [-0.4, -0.2) is 42.6 Å². The molecule has 0 unspecified atom stereocenters. The summed E-state index contributed by atoms with van der Waals surface area (Å²) in [6, 6.07) is 15.1. The average Bonchev–Trinajstić information content (AvgIpc) is 2.91. The lowest BCUT2D eigenvalue weighted by molar-refractivity contribution is -0.122. The van der Waals surface area contributed by atoms with Gasteiger partial charge in [0, 0.05) is 0 Å². The fourth-order valence-electron chi connectivity index (χ4n) is 3.76. The zero-order chi connectivity index (χ0) is 28.1. The van der Waals surface area contributed by atoms with Gasteiger partial charge in [-0.1, -0.05) is 12.1 Å². The molecule has 39 heavy (non-hydrogen) atoms. The molecule has 2 N–H and O–H groups in total. The number of rotatable bonds is 9. The van der Waals surface area contributed by atoms with Crippen LogP contribution in [0.5, 0.6) is 17.2 Å². The van der Waals surface area contributed by atoms with Crippen molar-refractivity contribution in [2.24, 2.45) is 0 Å². The van der Waals surface area contributed by atoms with Crippen molar-refractivity contribution in [2.45, 2.75) is 13.5 Å². The maximum Gasteiger partial charge on any atom is 0.335 e. The number of carboxylic acids is 1. The number of benzene rings is 3. The Morgan fingerprint density at radius 3 is 2.33 bits per heavy atom. The molecule has 0 bridgehead atoms. The predicted octanol–water partition coefficient (Wildman–Crippen LogP) is 4.64. The molecule has 0 radical (unpaired) electrons. The number of carboxylic acid groups (broad SMARTS) is 1. The van der Waals surface area contributed by atoms with Gasteiger partial charge in [0.1, 0.15) is 17.9 Å². The number of amides is 4. The summed E-state index contributed by atoms with van der Waals surface area (Å²) in [6.45, 7) is 2.30. The molecule has 0 atom stereocenters. The molecule has 200 valence electrons. The van der Waals surface area contributed by atoms with E-state index in [9.17, 15) is 19.2 Å². The van der Waals surface area contributed by atoms with Gasteiger partial charge in [0.25, 0.3) is 11.8 Å². The Balaban J connectivity index is 1.62. The molecule has 1 aliphatic heterocycles. The van der Waals surface area contributed by atoms with Crippen molar-refractivity contribution < 1.29 is 38.5 Å². The van der Waals surface area contributed by atoms with Crippen molar-refractivity contribution in [1.29, 1.82) is 0 Å². The van der Waals surface area contributed by atoms with Gasteiger partial charge in [-0.25, -0.2) is 14.5 Å². The minimum atomic E-state index is -1.01. The van der Waals surface area contributed by atoms with Crippen LogP contribution in [0.3, 0.4) is 0 Å². The Morgan fingerprint density at radius 2 is 1.72 bits per heavy atom. The summed E-state index contributed by atoms with van der Waals surface area (Å²) in [5.41, 5.74) is 1.48. The van der Waals surface area contributed by atoms with Crippen LogP contribution < -0.4 is 24.4 Å². The van der Waals surface area contributed by atoms with Crippen molar-refractivity contribution in [3.8, 4) is 17.2 Å². The maximum atomic E-state index is 13.2. The van der Waals surface area contributed by atoms with Crippen molar-refractivity contribution in [2.75, 3.05) is 18.6 Å². The molecule has 0 spiro atoms. The van der Waals surface area contributed by atoms with E-state index in [2.05, 4.69) is 27.9 Å². The molecule has 0 aliphatic carbocycles. The molecule has 10 nitrogen and oxygen atoms in total. The largest absolute Gasteiger partial charge is 0.497 e. The zero-order valence-corrected chi connectivity index (χ0v) is 23.1. The number of aromatic carboxylic acids is 1. The number of carbonyl (C=O) groups excluding carboxylic acids is 3. The SMILES string of the molecule is CCOc1cc(/C=C2\C(=O)NC(=O)N(c3ccc(OC)cc3)C2=O)cc(I)c1OCc1ccc(C(=O)O)cc1. The quantitative estimate of drug-likeness (QED) is 0.196. The Labute approximate surface area is 237 Å². The van der Waals surface area contributed by atoms with Crippen LogP contribution in [0.2, 0.25) is 0 Å². The molecule has 1 heterocycles. The molecule has 4 rings (SSSR count). The van der Waals surface area contributed by atoms with Crippen LogP contribution in [-0.2, 0) is 16.2 Å². The molecule has 1 aliphatic rings. The number of nitrogens with one attached hydrogen (secondary N) is 1. The zero-order valence-electron chi connectivity index (χ0n) is 20.9. The minimum absolute atomic E-state index is 0.163. The van der Waals surface area contributed by atoms with E-state index < -0.39 is 23.8 Å². The molecule has 3 aromatic rings. The first-order chi connectivity index (χ1) is 18.7. The number of urea groups is 1. The standard InChI is InChI=1S/C28H23IN2O8/c1-3-38-23-14-17(13-22(29)24(23)39-15-16-4-6-18(7-5-16)27(34)35)12-21-25(32)30-28(36)31(26(21)33)19-8-10-20(37-2)11-9-19/h4-14H,3,15H2,1-2H3,(H,34,35)(H,30,32,36)/b21-12+. The van der Waals surface area contributed by atoms with E-state index in [1.54, 1.807) is 48.5 Å². The Hall–Kier alpha value is -4.39. The van der Waals surface area contributed by atoms with E-state index in [0.29, 0.717) is 33.0 Å². The number of barbiturate groups is 1. The second-order valence-corrected chi connectivity index (χ2v) is 9.37. The summed E-state index contributed by atoms with van der Waals surface area (Å²) in [6.07, 6.45) is 1.39. The third kappa shape index (κ3) is 6.20. The molecule has 1 fully saturated rings. The number of hydrogen-bond acceptors (Lipinski definition) is 7. The molecular weight excluding hydrogens is 619 g/mol. The van der Waals surface area contributed by atoms with Gasteiger partial charge in [-0.05, 0) is 95.2 Å². The smallest absolute Gasteiger partial charge is 0.335 e. The predicted molar refractivity (Wildman–Crippen MR) is 150 cm³/mol. The van der Waals surface area contributed by atoms with Crippen LogP contribution in [0.1, 0.15) is 28.4 Å². The normalized spacial score (nSPS) is 14.3. The maximum absolute atomic E-state index is 13.2. The monoisotopic (exact) mass is 642 g/mol. The second kappa shape index (κ2) is 12.0. The fraction of sp³-hybridized carbons (Fsp3) is 0.143. The summed E-state index contributed by atoms with van der Waals surface area (Å²) in [5, 5.41) is 11.3. The first-order valence-electron chi connectivity index (χ1n) is 11.7. The van der Waals surface area contributed by atoms with Crippen molar-refractivity contribution >= 4 is 58.2 Å². The summed E-state index contributed by atoms with van der Waals surface area (Å²) >= 11 is 2.06. The third-order valence-corrected chi connectivity index (χ3v) is 6.46. The Morgan fingerprint density at radius 1 is 1.03 bits per heavy atom. The molecule has 0 aromatic heterocycles. The van der Waals surface area contributed by atoms with Gasteiger partial charge in [-0.3, -0.25) is 14.9 Å². The first-order valence-corrected chi connectivity index (χ1v) is 12.8. The lowest BCUT2D eigenvalue weighted by Crippen LogP contribution is -2.54. The van der Waals surface area contributed by atoms with Gasteiger partial charge >= 0.3 is 12.0 Å².